The van der Waals surface area contributed by atoms with Crippen LogP contribution in [0.3, 0.4) is 0 Å². The fourth-order valence-corrected chi connectivity index (χ4v) is 2.42. The number of carbonyl (C=O) groups excluding carboxylic acids is 1. The maximum absolute atomic E-state index is 13.5. The number of piperidine rings is 1. The summed E-state index contributed by atoms with van der Waals surface area (Å²) in [5.41, 5.74) is 0.655. The summed E-state index contributed by atoms with van der Waals surface area (Å²) >= 11 is 0. The van der Waals surface area contributed by atoms with E-state index >= 15 is 0 Å². The van der Waals surface area contributed by atoms with Crippen LogP contribution in [0.1, 0.15) is 18.4 Å². The van der Waals surface area contributed by atoms with Gasteiger partial charge in [-0.25, -0.2) is 4.39 Å². The molecule has 1 aliphatic rings. The molecule has 0 saturated carbocycles. The Balaban J connectivity index is 1.80. The van der Waals surface area contributed by atoms with Gasteiger partial charge < -0.3 is 15.4 Å². The Bertz CT molecular complexity index is 459. The van der Waals surface area contributed by atoms with Gasteiger partial charge >= 0.3 is 0 Å². The lowest BCUT2D eigenvalue weighted by atomic mass is 9.99. The van der Waals surface area contributed by atoms with Gasteiger partial charge in [-0.15, -0.1) is 0 Å². The highest BCUT2D eigenvalue weighted by Crippen LogP contribution is 2.18. The van der Waals surface area contributed by atoms with Gasteiger partial charge in [-0.05, 0) is 49.5 Å². The van der Waals surface area contributed by atoms with Gasteiger partial charge in [0.2, 0.25) is 5.91 Å². The van der Waals surface area contributed by atoms with Crippen LogP contribution in [0, 0.1) is 11.7 Å². The number of nitrogens with one attached hydrogen (secondary N) is 2. The number of amides is 1. The van der Waals surface area contributed by atoms with Crippen LogP contribution >= 0.6 is 0 Å². The van der Waals surface area contributed by atoms with Crippen molar-refractivity contribution in [3.05, 3.63) is 29.6 Å². The van der Waals surface area contributed by atoms with Crippen molar-refractivity contribution in [2.45, 2.75) is 19.3 Å². The van der Waals surface area contributed by atoms with Crippen LogP contribution in [0.4, 0.5) is 4.39 Å². The normalized spacial score (nSPS) is 18.6. The van der Waals surface area contributed by atoms with E-state index in [1.807, 2.05) is 0 Å². The SMILES string of the molecule is COc1ccc(CC(=O)NC[C@@H]2CCCNC2)cc1F. The fraction of sp³-hybridized carbons (Fsp3) is 0.533. The maximum atomic E-state index is 13.5. The smallest absolute Gasteiger partial charge is 0.224 e. The van der Waals surface area contributed by atoms with Gasteiger partial charge in [0.25, 0.3) is 0 Å². The summed E-state index contributed by atoms with van der Waals surface area (Å²) in [6.07, 6.45) is 2.50. The van der Waals surface area contributed by atoms with E-state index in [1.54, 1.807) is 12.1 Å². The molecule has 110 valence electrons. The molecule has 1 fully saturated rings. The molecule has 0 bridgehead atoms. The quantitative estimate of drug-likeness (QED) is 0.859. The molecule has 0 spiro atoms. The van der Waals surface area contributed by atoms with Crippen molar-refractivity contribution >= 4 is 5.91 Å². The first kappa shape index (κ1) is 14.8. The second kappa shape index (κ2) is 7.24. The molecule has 2 rings (SSSR count). The van der Waals surface area contributed by atoms with Crippen LogP contribution in [0.15, 0.2) is 18.2 Å². The van der Waals surface area contributed by atoms with E-state index < -0.39 is 5.82 Å². The molecule has 1 aliphatic heterocycles. The third kappa shape index (κ3) is 4.20. The van der Waals surface area contributed by atoms with E-state index in [0.29, 0.717) is 18.0 Å². The molecular weight excluding hydrogens is 259 g/mol. The molecule has 0 unspecified atom stereocenters. The molecular formula is C15H21FN2O2. The summed E-state index contributed by atoms with van der Waals surface area (Å²) in [5.74, 6) is 0.192. The molecule has 20 heavy (non-hydrogen) atoms. The lowest BCUT2D eigenvalue weighted by Gasteiger charge is -2.22. The van der Waals surface area contributed by atoms with Gasteiger partial charge in [0, 0.05) is 6.54 Å². The Morgan fingerprint density at radius 1 is 1.55 bits per heavy atom. The number of halogens is 1. The van der Waals surface area contributed by atoms with E-state index in [9.17, 15) is 9.18 Å². The number of hydrogen-bond acceptors (Lipinski definition) is 3. The average Bonchev–Trinajstić information content (AvgIpc) is 2.46. The number of rotatable bonds is 5. The standard InChI is InChI=1S/C15H21FN2O2/c1-20-14-5-4-11(7-13(14)16)8-15(19)18-10-12-3-2-6-17-9-12/h4-5,7,12,17H,2-3,6,8-10H2,1H3,(H,18,19)/t12-/m1/s1. The van der Waals surface area contributed by atoms with E-state index in [1.165, 1.54) is 13.2 Å². The van der Waals surface area contributed by atoms with E-state index in [-0.39, 0.29) is 18.1 Å². The minimum Gasteiger partial charge on any atom is -0.494 e. The van der Waals surface area contributed by atoms with Gasteiger partial charge in [0.1, 0.15) is 0 Å². The highest BCUT2D eigenvalue weighted by atomic mass is 19.1. The summed E-state index contributed by atoms with van der Waals surface area (Å²) < 4.78 is 18.4. The predicted octanol–water partition coefficient (Wildman–Crippen LogP) is 1.49. The average molecular weight is 280 g/mol. The minimum absolute atomic E-state index is 0.0693. The van der Waals surface area contributed by atoms with Crippen molar-refractivity contribution in [1.82, 2.24) is 10.6 Å². The Morgan fingerprint density at radius 3 is 3.05 bits per heavy atom. The Morgan fingerprint density at radius 2 is 2.40 bits per heavy atom. The van der Waals surface area contributed by atoms with Crippen molar-refractivity contribution < 1.29 is 13.9 Å². The van der Waals surface area contributed by atoms with Gasteiger partial charge in [-0.3, -0.25) is 4.79 Å². The van der Waals surface area contributed by atoms with Gasteiger partial charge in [0.05, 0.1) is 13.5 Å². The first-order valence-corrected chi connectivity index (χ1v) is 6.99. The summed E-state index contributed by atoms with van der Waals surface area (Å²) in [6, 6.07) is 4.60. The van der Waals surface area contributed by atoms with E-state index in [4.69, 9.17) is 4.74 Å². The second-order valence-electron chi connectivity index (χ2n) is 5.16. The number of hydrogen-bond donors (Lipinski definition) is 2. The number of benzene rings is 1. The van der Waals surface area contributed by atoms with Gasteiger partial charge in [-0.2, -0.15) is 0 Å². The van der Waals surface area contributed by atoms with Crippen molar-refractivity contribution in [3.63, 3.8) is 0 Å². The Labute approximate surface area is 118 Å². The fourth-order valence-electron chi connectivity index (χ4n) is 2.42. The van der Waals surface area contributed by atoms with E-state index in [2.05, 4.69) is 10.6 Å². The van der Waals surface area contributed by atoms with Crippen LogP contribution in [0.5, 0.6) is 5.75 Å². The van der Waals surface area contributed by atoms with Crippen molar-refractivity contribution in [1.29, 1.82) is 0 Å². The second-order valence-corrected chi connectivity index (χ2v) is 5.16. The zero-order chi connectivity index (χ0) is 14.4. The third-order valence-corrected chi connectivity index (χ3v) is 3.57. The molecule has 1 saturated heterocycles. The van der Waals surface area contributed by atoms with Crippen LogP contribution < -0.4 is 15.4 Å². The zero-order valence-electron chi connectivity index (χ0n) is 11.7. The highest BCUT2D eigenvalue weighted by Gasteiger charge is 2.14. The summed E-state index contributed by atoms with van der Waals surface area (Å²) in [4.78, 5) is 11.8. The van der Waals surface area contributed by atoms with E-state index in [0.717, 1.165) is 25.9 Å². The molecule has 0 aliphatic carbocycles. The molecule has 1 amide bonds. The number of ether oxygens (including phenoxy) is 1. The third-order valence-electron chi connectivity index (χ3n) is 3.57. The molecule has 4 nitrogen and oxygen atoms in total. The minimum atomic E-state index is -0.436. The molecule has 0 radical (unpaired) electrons. The molecule has 5 heteroatoms. The zero-order valence-corrected chi connectivity index (χ0v) is 11.7. The van der Waals surface area contributed by atoms with Crippen LogP contribution in [-0.4, -0.2) is 32.7 Å². The molecule has 1 heterocycles. The first-order chi connectivity index (χ1) is 9.69. The Hall–Kier alpha value is -1.62. The number of carbonyl (C=O) groups is 1. The van der Waals surface area contributed by atoms with Crippen LogP contribution in [-0.2, 0) is 11.2 Å². The highest BCUT2D eigenvalue weighted by molar-refractivity contribution is 5.78. The van der Waals surface area contributed by atoms with Gasteiger partial charge in [-0.1, -0.05) is 6.07 Å². The predicted molar refractivity (Wildman–Crippen MR) is 75.3 cm³/mol. The summed E-state index contributed by atoms with van der Waals surface area (Å²) in [6.45, 7) is 2.71. The molecule has 1 aromatic rings. The molecule has 1 aromatic carbocycles. The lowest BCUT2D eigenvalue weighted by molar-refractivity contribution is -0.120. The summed E-state index contributed by atoms with van der Waals surface area (Å²) in [5, 5.41) is 6.23. The first-order valence-electron chi connectivity index (χ1n) is 6.99. The molecule has 2 N–H and O–H groups in total. The number of methoxy groups -OCH3 is 1. The van der Waals surface area contributed by atoms with Crippen molar-refractivity contribution in [2.24, 2.45) is 5.92 Å². The maximum Gasteiger partial charge on any atom is 0.224 e. The summed E-state index contributed by atoms with van der Waals surface area (Å²) in [7, 11) is 1.42. The van der Waals surface area contributed by atoms with Crippen LogP contribution in [0.2, 0.25) is 0 Å². The topological polar surface area (TPSA) is 50.4 Å². The molecule has 1 atom stereocenters. The van der Waals surface area contributed by atoms with Crippen molar-refractivity contribution in [2.75, 3.05) is 26.7 Å². The lowest BCUT2D eigenvalue weighted by Crippen LogP contribution is -2.38. The van der Waals surface area contributed by atoms with Crippen molar-refractivity contribution in [3.8, 4) is 5.75 Å². The molecule has 0 aromatic heterocycles. The van der Waals surface area contributed by atoms with Crippen LogP contribution in [0.25, 0.3) is 0 Å². The largest absolute Gasteiger partial charge is 0.494 e. The Kier molecular flexibility index (Phi) is 5.35. The van der Waals surface area contributed by atoms with Gasteiger partial charge in [0.15, 0.2) is 11.6 Å². The monoisotopic (exact) mass is 280 g/mol.